The van der Waals surface area contributed by atoms with Crippen LogP contribution in [0.25, 0.3) is 0 Å². The summed E-state index contributed by atoms with van der Waals surface area (Å²) in [5.41, 5.74) is 0.693. The highest BCUT2D eigenvalue weighted by Crippen LogP contribution is 2.38. The van der Waals surface area contributed by atoms with E-state index in [9.17, 15) is 4.79 Å². The predicted octanol–water partition coefficient (Wildman–Crippen LogP) is 3.03. The van der Waals surface area contributed by atoms with Gasteiger partial charge in [0.2, 0.25) is 5.91 Å². The van der Waals surface area contributed by atoms with Gasteiger partial charge >= 0.3 is 0 Å². The number of amides is 1. The second kappa shape index (κ2) is 12.1. The molecule has 0 aliphatic heterocycles. The van der Waals surface area contributed by atoms with E-state index in [1.807, 2.05) is 39.2 Å². The molecule has 8 heteroatoms. The fourth-order valence-electron chi connectivity index (χ4n) is 3.74. The molecule has 29 heavy (non-hydrogen) atoms. The van der Waals surface area contributed by atoms with Crippen molar-refractivity contribution in [1.29, 1.82) is 0 Å². The Bertz CT molecular complexity index is 689. The van der Waals surface area contributed by atoms with Crippen molar-refractivity contribution in [2.24, 2.45) is 10.4 Å². The standard InChI is InChI=1S/C21H34N4O3.HI/c1-6-22-20(23-14-16-9-10-17(27-4)18(13-16)28-5)24-15-21(11-7-8-12-21)19(26)25(2)3;/h9-10,13H,6-8,11-12,14-15H2,1-5H3,(H2,22,23,24);1H. The monoisotopic (exact) mass is 518 g/mol. The Kier molecular flexibility index (Phi) is 10.6. The Labute approximate surface area is 191 Å². The molecule has 0 bridgehead atoms. The molecule has 0 heterocycles. The number of guanidine groups is 1. The van der Waals surface area contributed by atoms with Crippen LogP contribution in [0.1, 0.15) is 38.2 Å². The van der Waals surface area contributed by atoms with Crippen LogP contribution in [-0.4, -0.2) is 58.2 Å². The summed E-state index contributed by atoms with van der Waals surface area (Å²) >= 11 is 0. The van der Waals surface area contributed by atoms with Gasteiger partial charge in [0.05, 0.1) is 26.2 Å². The number of methoxy groups -OCH3 is 2. The van der Waals surface area contributed by atoms with E-state index in [1.165, 1.54) is 0 Å². The Morgan fingerprint density at radius 3 is 2.34 bits per heavy atom. The Morgan fingerprint density at radius 1 is 1.14 bits per heavy atom. The molecular formula is C21H35IN4O3. The average Bonchev–Trinajstić information content (AvgIpc) is 3.19. The van der Waals surface area contributed by atoms with Crippen LogP contribution in [0.15, 0.2) is 23.2 Å². The number of carbonyl (C=O) groups is 1. The number of aliphatic imine (C=N–C) groups is 1. The van der Waals surface area contributed by atoms with Crippen molar-refractivity contribution in [3.63, 3.8) is 0 Å². The number of benzene rings is 1. The molecule has 7 nitrogen and oxygen atoms in total. The molecule has 0 saturated heterocycles. The van der Waals surface area contributed by atoms with Gasteiger partial charge in [0, 0.05) is 27.2 Å². The van der Waals surface area contributed by atoms with Crippen molar-refractivity contribution in [1.82, 2.24) is 15.5 Å². The zero-order chi connectivity index (χ0) is 20.6. The van der Waals surface area contributed by atoms with Crippen molar-refractivity contribution in [3.05, 3.63) is 23.8 Å². The number of hydrogen-bond acceptors (Lipinski definition) is 4. The molecular weight excluding hydrogens is 483 g/mol. The molecule has 2 N–H and O–H groups in total. The predicted molar refractivity (Wildman–Crippen MR) is 127 cm³/mol. The van der Waals surface area contributed by atoms with E-state index in [2.05, 4.69) is 15.6 Å². The molecule has 0 atom stereocenters. The fourth-order valence-corrected chi connectivity index (χ4v) is 3.74. The van der Waals surface area contributed by atoms with Crippen LogP contribution < -0.4 is 20.1 Å². The summed E-state index contributed by atoms with van der Waals surface area (Å²) < 4.78 is 10.6. The van der Waals surface area contributed by atoms with Gasteiger partial charge in [-0.05, 0) is 37.5 Å². The van der Waals surface area contributed by atoms with Crippen molar-refractivity contribution in [3.8, 4) is 11.5 Å². The SMILES string of the molecule is CCNC(=NCc1ccc(OC)c(OC)c1)NCC1(C(=O)N(C)C)CCCC1.I. The number of rotatable bonds is 8. The lowest BCUT2D eigenvalue weighted by atomic mass is 9.84. The lowest BCUT2D eigenvalue weighted by Crippen LogP contribution is -2.49. The molecule has 1 aliphatic rings. The number of nitrogens with one attached hydrogen (secondary N) is 2. The highest BCUT2D eigenvalue weighted by molar-refractivity contribution is 14.0. The first-order valence-electron chi connectivity index (χ1n) is 9.90. The van der Waals surface area contributed by atoms with Gasteiger partial charge in [-0.1, -0.05) is 18.9 Å². The molecule has 164 valence electrons. The topological polar surface area (TPSA) is 75.2 Å². The van der Waals surface area contributed by atoms with Crippen LogP contribution in [0.3, 0.4) is 0 Å². The van der Waals surface area contributed by atoms with Gasteiger partial charge in [-0.15, -0.1) is 24.0 Å². The van der Waals surface area contributed by atoms with E-state index in [0.717, 1.165) is 43.8 Å². The van der Waals surface area contributed by atoms with Crippen LogP contribution in [0.2, 0.25) is 0 Å². The van der Waals surface area contributed by atoms with Gasteiger partial charge in [0.25, 0.3) is 0 Å². The van der Waals surface area contributed by atoms with Crippen molar-refractivity contribution < 1.29 is 14.3 Å². The maximum absolute atomic E-state index is 12.7. The third-order valence-corrected chi connectivity index (χ3v) is 5.23. The molecule has 1 amide bonds. The highest BCUT2D eigenvalue weighted by atomic mass is 127. The Balaban J connectivity index is 0.00000420. The molecule has 0 radical (unpaired) electrons. The zero-order valence-electron chi connectivity index (χ0n) is 18.2. The minimum absolute atomic E-state index is 0. The minimum atomic E-state index is -0.330. The van der Waals surface area contributed by atoms with E-state index >= 15 is 0 Å². The molecule has 1 saturated carbocycles. The molecule has 1 aliphatic carbocycles. The third kappa shape index (κ3) is 6.65. The average molecular weight is 518 g/mol. The molecule has 0 spiro atoms. The van der Waals surface area contributed by atoms with Gasteiger partial charge in [0.15, 0.2) is 17.5 Å². The van der Waals surface area contributed by atoms with Gasteiger partial charge in [-0.3, -0.25) is 4.79 Å². The molecule has 1 aromatic rings. The van der Waals surface area contributed by atoms with Crippen molar-refractivity contribution in [2.75, 3.05) is 41.4 Å². The van der Waals surface area contributed by atoms with E-state index < -0.39 is 0 Å². The maximum Gasteiger partial charge on any atom is 0.230 e. The number of hydrogen-bond donors (Lipinski definition) is 2. The minimum Gasteiger partial charge on any atom is -0.493 e. The third-order valence-electron chi connectivity index (χ3n) is 5.23. The van der Waals surface area contributed by atoms with Crippen LogP contribution in [0.4, 0.5) is 0 Å². The summed E-state index contributed by atoms with van der Waals surface area (Å²) in [4.78, 5) is 19.1. The fraction of sp³-hybridized carbons (Fsp3) is 0.619. The molecule has 1 aromatic carbocycles. The highest BCUT2D eigenvalue weighted by Gasteiger charge is 2.42. The Morgan fingerprint density at radius 2 is 1.79 bits per heavy atom. The van der Waals surface area contributed by atoms with Crippen LogP contribution in [0, 0.1) is 5.41 Å². The van der Waals surface area contributed by atoms with E-state index in [0.29, 0.717) is 24.6 Å². The lowest BCUT2D eigenvalue weighted by molar-refractivity contribution is -0.138. The van der Waals surface area contributed by atoms with E-state index in [4.69, 9.17) is 9.47 Å². The zero-order valence-corrected chi connectivity index (χ0v) is 20.5. The number of ether oxygens (including phenoxy) is 2. The number of halogens is 1. The summed E-state index contributed by atoms with van der Waals surface area (Å²) in [5.74, 6) is 2.31. The quantitative estimate of drug-likeness (QED) is 0.315. The second-order valence-corrected chi connectivity index (χ2v) is 7.43. The summed E-state index contributed by atoms with van der Waals surface area (Å²) in [6.07, 6.45) is 4.04. The molecule has 0 aromatic heterocycles. The van der Waals surface area contributed by atoms with Gasteiger partial charge in [-0.25, -0.2) is 4.99 Å². The lowest BCUT2D eigenvalue weighted by Gasteiger charge is -2.31. The first-order chi connectivity index (χ1) is 13.5. The van der Waals surface area contributed by atoms with Crippen molar-refractivity contribution in [2.45, 2.75) is 39.2 Å². The first-order valence-corrected chi connectivity index (χ1v) is 9.90. The molecule has 0 unspecified atom stereocenters. The van der Waals surface area contributed by atoms with Gasteiger partial charge in [0.1, 0.15) is 0 Å². The van der Waals surface area contributed by atoms with Crippen molar-refractivity contribution >= 4 is 35.8 Å². The normalized spacial score (nSPS) is 15.3. The van der Waals surface area contributed by atoms with E-state index in [1.54, 1.807) is 19.1 Å². The van der Waals surface area contributed by atoms with Crippen LogP contribution in [-0.2, 0) is 11.3 Å². The summed E-state index contributed by atoms with van der Waals surface area (Å²) in [6, 6.07) is 5.79. The smallest absolute Gasteiger partial charge is 0.230 e. The Hall–Kier alpha value is -1.71. The summed E-state index contributed by atoms with van der Waals surface area (Å²) in [7, 11) is 6.91. The summed E-state index contributed by atoms with van der Waals surface area (Å²) in [6.45, 7) is 3.89. The van der Waals surface area contributed by atoms with Gasteiger partial charge < -0.3 is 25.0 Å². The summed E-state index contributed by atoms with van der Waals surface area (Å²) in [5, 5.41) is 6.67. The largest absolute Gasteiger partial charge is 0.493 e. The molecule has 1 fully saturated rings. The van der Waals surface area contributed by atoms with E-state index in [-0.39, 0.29) is 35.3 Å². The van der Waals surface area contributed by atoms with Crippen LogP contribution >= 0.6 is 24.0 Å². The second-order valence-electron chi connectivity index (χ2n) is 7.43. The van der Waals surface area contributed by atoms with Gasteiger partial charge in [-0.2, -0.15) is 0 Å². The first kappa shape index (κ1) is 25.3. The van der Waals surface area contributed by atoms with Crippen LogP contribution in [0.5, 0.6) is 11.5 Å². The number of nitrogens with zero attached hydrogens (tertiary/aromatic N) is 2. The number of carbonyl (C=O) groups excluding carboxylic acids is 1. The maximum atomic E-state index is 12.7. The molecule has 2 rings (SSSR count).